The van der Waals surface area contributed by atoms with Crippen molar-refractivity contribution >= 4 is 0 Å². The summed E-state index contributed by atoms with van der Waals surface area (Å²) in [6.45, 7) is 7.56. The molecule has 0 aliphatic rings. The maximum Gasteiger partial charge on any atom is 0.0938 e. The fourth-order valence-electron chi connectivity index (χ4n) is 0.927. The van der Waals surface area contributed by atoms with Gasteiger partial charge in [0, 0.05) is 6.54 Å². The first-order chi connectivity index (χ1) is 4.85. The van der Waals surface area contributed by atoms with Crippen LogP contribution in [0.15, 0.2) is 5.18 Å². The Labute approximate surface area is 62.4 Å². The molecule has 0 fully saturated rings. The fourth-order valence-corrected chi connectivity index (χ4v) is 0.927. The first kappa shape index (κ1) is 9.56. The van der Waals surface area contributed by atoms with Crippen LogP contribution < -0.4 is 0 Å². The number of hydrogen-bond donors (Lipinski definition) is 0. The van der Waals surface area contributed by atoms with Crippen molar-refractivity contribution in [3.05, 3.63) is 4.91 Å². The van der Waals surface area contributed by atoms with Crippen LogP contribution in [0, 0.1) is 4.91 Å². The summed E-state index contributed by atoms with van der Waals surface area (Å²) in [5, 5.41) is 2.81. The van der Waals surface area contributed by atoms with E-state index in [0.717, 1.165) is 26.1 Å². The second-order valence-corrected chi connectivity index (χ2v) is 2.29. The molecule has 3 nitrogen and oxygen atoms in total. The van der Waals surface area contributed by atoms with Crippen molar-refractivity contribution in [2.75, 3.05) is 26.2 Å². The molecule has 0 aliphatic heterocycles. The standard InChI is InChI=1S/C7H16N2O/c1-3-6-9(4-2)7-5-8-10/h3-7H2,1-2H3. The van der Waals surface area contributed by atoms with Crippen LogP contribution >= 0.6 is 0 Å². The van der Waals surface area contributed by atoms with Gasteiger partial charge in [0.2, 0.25) is 0 Å². The third-order valence-corrected chi connectivity index (χ3v) is 1.49. The largest absolute Gasteiger partial charge is 0.302 e. The summed E-state index contributed by atoms with van der Waals surface area (Å²) in [6, 6.07) is 0. The molecular formula is C7H16N2O. The average molecular weight is 144 g/mol. The fraction of sp³-hybridized carbons (Fsp3) is 1.00. The molecule has 0 bridgehead atoms. The summed E-state index contributed by atoms with van der Waals surface area (Å²) < 4.78 is 0. The zero-order chi connectivity index (χ0) is 7.82. The lowest BCUT2D eigenvalue weighted by atomic mass is 10.4. The summed E-state index contributed by atoms with van der Waals surface area (Å²) in [4.78, 5) is 12.0. The highest BCUT2D eigenvalue weighted by molar-refractivity contribution is 4.55. The van der Waals surface area contributed by atoms with Crippen LogP contribution in [-0.4, -0.2) is 31.1 Å². The topological polar surface area (TPSA) is 32.7 Å². The van der Waals surface area contributed by atoms with E-state index >= 15 is 0 Å². The van der Waals surface area contributed by atoms with E-state index in [4.69, 9.17) is 0 Å². The van der Waals surface area contributed by atoms with Crippen LogP contribution in [0.5, 0.6) is 0 Å². The summed E-state index contributed by atoms with van der Waals surface area (Å²) in [5.41, 5.74) is 0. The Morgan fingerprint density at radius 3 is 2.40 bits per heavy atom. The Kier molecular flexibility index (Phi) is 6.38. The third kappa shape index (κ3) is 4.44. The SMILES string of the molecule is CCCN(CC)CCN=O. The van der Waals surface area contributed by atoms with Crippen LogP contribution in [0.1, 0.15) is 20.3 Å². The molecule has 0 unspecified atom stereocenters. The number of likely N-dealkylation sites (N-methyl/N-ethyl adjacent to an activating group) is 1. The lowest BCUT2D eigenvalue weighted by molar-refractivity contribution is 0.297. The van der Waals surface area contributed by atoms with Crippen LogP contribution in [-0.2, 0) is 0 Å². The van der Waals surface area contributed by atoms with Gasteiger partial charge in [-0.15, -0.1) is 0 Å². The van der Waals surface area contributed by atoms with E-state index in [0.29, 0.717) is 6.54 Å². The van der Waals surface area contributed by atoms with Crippen LogP contribution in [0.2, 0.25) is 0 Å². The lowest BCUT2D eigenvalue weighted by Gasteiger charge is -2.16. The van der Waals surface area contributed by atoms with Crippen molar-refractivity contribution in [2.24, 2.45) is 5.18 Å². The molecule has 0 heterocycles. The average Bonchev–Trinajstić information content (AvgIpc) is 1.98. The van der Waals surface area contributed by atoms with Crippen LogP contribution in [0.4, 0.5) is 0 Å². The van der Waals surface area contributed by atoms with Crippen molar-refractivity contribution in [1.82, 2.24) is 4.90 Å². The highest BCUT2D eigenvalue weighted by Crippen LogP contribution is 1.89. The first-order valence-electron chi connectivity index (χ1n) is 3.86. The van der Waals surface area contributed by atoms with Gasteiger partial charge in [-0.05, 0) is 19.5 Å². The van der Waals surface area contributed by atoms with Crippen molar-refractivity contribution in [2.45, 2.75) is 20.3 Å². The van der Waals surface area contributed by atoms with Gasteiger partial charge in [0.1, 0.15) is 0 Å². The van der Waals surface area contributed by atoms with Crippen molar-refractivity contribution in [3.8, 4) is 0 Å². The monoisotopic (exact) mass is 144 g/mol. The van der Waals surface area contributed by atoms with E-state index in [2.05, 4.69) is 23.9 Å². The van der Waals surface area contributed by atoms with Crippen molar-refractivity contribution in [3.63, 3.8) is 0 Å². The van der Waals surface area contributed by atoms with E-state index in [1.807, 2.05) is 0 Å². The molecule has 0 amide bonds. The molecule has 0 radical (unpaired) electrons. The Hall–Kier alpha value is -0.440. The summed E-state index contributed by atoms with van der Waals surface area (Å²) in [5.74, 6) is 0. The molecule has 0 aromatic rings. The number of hydrogen-bond acceptors (Lipinski definition) is 3. The molecule has 0 aliphatic carbocycles. The molecule has 60 valence electrons. The second-order valence-electron chi connectivity index (χ2n) is 2.29. The predicted molar refractivity (Wildman–Crippen MR) is 43.1 cm³/mol. The molecule has 0 spiro atoms. The lowest BCUT2D eigenvalue weighted by Crippen LogP contribution is -2.26. The van der Waals surface area contributed by atoms with Gasteiger partial charge in [0.05, 0.1) is 6.54 Å². The molecule has 0 aromatic heterocycles. The molecule has 0 saturated heterocycles. The van der Waals surface area contributed by atoms with Crippen LogP contribution in [0.3, 0.4) is 0 Å². The Bertz CT molecular complexity index is 85.7. The van der Waals surface area contributed by atoms with Crippen LogP contribution in [0.25, 0.3) is 0 Å². The minimum absolute atomic E-state index is 0.424. The molecule has 0 N–H and O–H groups in total. The molecule has 0 rings (SSSR count). The highest BCUT2D eigenvalue weighted by atomic mass is 16.3. The maximum absolute atomic E-state index is 9.75. The molecule has 3 heteroatoms. The predicted octanol–water partition coefficient (Wildman–Crippen LogP) is 1.48. The Morgan fingerprint density at radius 1 is 1.30 bits per heavy atom. The molecule has 0 atom stereocenters. The van der Waals surface area contributed by atoms with Gasteiger partial charge in [0.15, 0.2) is 0 Å². The summed E-state index contributed by atoms with van der Waals surface area (Å²) >= 11 is 0. The molecular weight excluding hydrogens is 128 g/mol. The highest BCUT2D eigenvalue weighted by Gasteiger charge is 1.98. The zero-order valence-electron chi connectivity index (χ0n) is 6.84. The van der Waals surface area contributed by atoms with Gasteiger partial charge in [-0.3, -0.25) is 0 Å². The van der Waals surface area contributed by atoms with Gasteiger partial charge >= 0.3 is 0 Å². The maximum atomic E-state index is 9.75. The third-order valence-electron chi connectivity index (χ3n) is 1.49. The first-order valence-corrected chi connectivity index (χ1v) is 3.86. The van der Waals surface area contributed by atoms with Gasteiger partial charge in [0.25, 0.3) is 0 Å². The number of rotatable bonds is 6. The Balaban J connectivity index is 3.29. The van der Waals surface area contributed by atoms with E-state index in [1.165, 1.54) is 0 Å². The second kappa shape index (κ2) is 6.68. The molecule has 10 heavy (non-hydrogen) atoms. The zero-order valence-corrected chi connectivity index (χ0v) is 6.84. The number of nitroso groups, excluding NO2 is 1. The van der Waals surface area contributed by atoms with Gasteiger partial charge in [-0.25, -0.2) is 0 Å². The van der Waals surface area contributed by atoms with Crippen molar-refractivity contribution < 1.29 is 0 Å². The van der Waals surface area contributed by atoms with E-state index in [-0.39, 0.29) is 0 Å². The summed E-state index contributed by atoms with van der Waals surface area (Å²) in [7, 11) is 0. The summed E-state index contributed by atoms with van der Waals surface area (Å²) in [6.07, 6.45) is 1.15. The molecule has 0 aromatic carbocycles. The quantitative estimate of drug-likeness (QED) is 0.529. The van der Waals surface area contributed by atoms with Gasteiger partial charge < -0.3 is 4.90 Å². The normalized spacial score (nSPS) is 10.3. The minimum Gasteiger partial charge on any atom is -0.302 e. The van der Waals surface area contributed by atoms with E-state index in [9.17, 15) is 4.91 Å². The van der Waals surface area contributed by atoms with E-state index in [1.54, 1.807) is 0 Å². The molecule has 0 saturated carbocycles. The Morgan fingerprint density at radius 2 is 2.00 bits per heavy atom. The minimum atomic E-state index is 0.424. The van der Waals surface area contributed by atoms with Gasteiger partial charge in [-0.1, -0.05) is 19.0 Å². The smallest absolute Gasteiger partial charge is 0.0938 e. The van der Waals surface area contributed by atoms with Gasteiger partial charge in [-0.2, -0.15) is 4.91 Å². The van der Waals surface area contributed by atoms with Crippen molar-refractivity contribution in [1.29, 1.82) is 0 Å². The van der Waals surface area contributed by atoms with E-state index < -0.39 is 0 Å². The number of nitrogens with zero attached hydrogens (tertiary/aromatic N) is 2.